The van der Waals surface area contributed by atoms with Gasteiger partial charge in [0.25, 0.3) is 0 Å². The van der Waals surface area contributed by atoms with Crippen molar-refractivity contribution in [2.75, 3.05) is 6.61 Å². The number of hydrogen-bond donors (Lipinski definition) is 2. The molecule has 1 aromatic carbocycles. The Hall–Kier alpha value is -1.17. The monoisotopic (exact) mass is 276 g/mol. The summed E-state index contributed by atoms with van der Waals surface area (Å²) in [6, 6.07) is 2.33. The quantitative estimate of drug-likeness (QED) is 0.822. The predicted molar refractivity (Wildman–Crippen MR) is 63.7 cm³/mol. The average molecular weight is 277 g/mol. The fourth-order valence-electron chi connectivity index (χ4n) is 1.44. The summed E-state index contributed by atoms with van der Waals surface area (Å²) >= 11 is 5.86. The first-order valence-electron chi connectivity index (χ1n) is 5.37. The summed E-state index contributed by atoms with van der Waals surface area (Å²) in [6.07, 6.45) is -3.32. The van der Waals surface area contributed by atoms with Gasteiger partial charge < -0.3 is 14.9 Å². The molecule has 2 unspecified atom stereocenters. The molecule has 2 atom stereocenters. The molecular weight excluding hydrogens is 263 g/mol. The Bertz CT molecular complexity index is 450. The molecule has 6 heteroatoms. The van der Waals surface area contributed by atoms with E-state index in [1.54, 1.807) is 6.92 Å². The minimum Gasteiger partial charge on any atom is -0.464 e. The van der Waals surface area contributed by atoms with E-state index in [1.165, 1.54) is 13.0 Å². The normalized spacial score (nSPS) is 14.1. The van der Waals surface area contributed by atoms with Crippen molar-refractivity contribution < 1.29 is 24.1 Å². The molecule has 0 bridgehead atoms. The zero-order chi connectivity index (χ0) is 13.9. The van der Waals surface area contributed by atoms with Gasteiger partial charge in [-0.3, -0.25) is 0 Å². The van der Waals surface area contributed by atoms with E-state index in [4.69, 9.17) is 11.6 Å². The molecule has 0 aliphatic heterocycles. The van der Waals surface area contributed by atoms with Gasteiger partial charge in [-0.15, -0.1) is 0 Å². The Morgan fingerprint density at radius 3 is 2.67 bits per heavy atom. The minimum absolute atomic E-state index is 0.0224. The van der Waals surface area contributed by atoms with Crippen LogP contribution >= 0.6 is 11.6 Å². The van der Waals surface area contributed by atoms with Gasteiger partial charge >= 0.3 is 5.97 Å². The molecule has 0 aromatic heterocycles. The first-order chi connectivity index (χ1) is 8.40. The molecule has 0 saturated carbocycles. The smallest absolute Gasteiger partial charge is 0.338 e. The van der Waals surface area contributed by atoms with Crippen LogP contribution in [-0.2, 0) is 9.53 Å². The summed E-state index contributed by atoms with van der Waals surface area (Å²) in [6.45, 7) is 3.09. The van der Waals surface area contributed by atoms with Gasteiger partial charge in [-0.25, -0.2) is 9.18 Å². The first kappa shape index (κ1) is 14.9. The second-order valence-corrected chi connectivity index (χ2v) is 4.10. The van der Waals surface area contributed by atoms with E-state index >= 15 is 0 Å². The lowest BCUT2D eigenvalue weighted by Crippen LogP contribution is -2.30. The van der Waals surface area contributed by atoms with Crippen LogP contribution < -0.4 is 0 Å². The molecule has 0 radical (unpaired) electrons. The number of aliphatic hydroxyl groups excluding tert-OH is 2. The van der Waals surface area contributed by atoms with Crippen molar-refractivity contribution in [1.82, 2.24) is 0 Å². The number of esters is 1. The van der Waals surface area contributed by atoms with E-state index in [2.05, 4.69) is 4.74 Å². The van der Waals surface area contributed by atoms with Crippen molar-refractivity contribution >= 4 is 17.6 Å². The van der Waals surface area contributed by atoms with Crippen molar-refractivity contribution in [3.8, 4) is 0 Å². The Balaban J connectivity index is 3.00. The van der Waals surface area contributed by atoms with E-state index in [1.807, 2.05) is 0 Å². The van der Waals surface area contributed by atoms with E-state index in [0.29, 0.717) is 0 Å². The maximum Gasteiger partial charge on any atom is 0.338 e. The van der Waals surface area contributed by atoms with Crippen molar-refractivity contribution in [2.45, 2.75) is 26.1 Å². The standard InChI is InChI=1S/C12H14ClFO4/c1-3-18-12(17)11(16)10(15)7-4-5-8(14)6(2)9(7)13/h4-5,10-11,15-16H,3H2,1-2H3. The van der Waals surface area contributed by atoms with Gasteiger partial charge in [0.05, 0.1) is 11.6 Å². The molecule has 18 heavy (non-hydrogen) atoms. The summed E-state index contributed by atoms with van der Waals surface area (Å²) in [5, 5.41) is 19.4. The number of hydrogen-bond acceptors (Lipinski definition) is 4. The summed E-state index contributed by atoms with van der Waals surface area (Å²) in [7, 11) is 0. The van der Waals surface area contributed by atoms with Gasteiger partial charge in [0.2, 0.25) is 0 Å². The minimum atomic E-state index is -1.76. The van der Waals surface area contributed by atoms with Crippen LogP contribution in [0.2, 0.25) is 5.02 Å². The molecular formula is C12H14ClFO4. The largest absolute Gasteiger partial charge is 0.464 e. The lowest BCUT2D eigenvalue weighted by atomic mass is 10.0. The van der Waals surface area contributed by atoms with Crippen LogP contribution in [-0.4, -0.2) is 28.9 Å². The van der Waals surface area contributed by atoms with Crippen LogP contribution in [0.1, 0.15) is 24.2 Å². The molecule has 0 aliphatic rings. The number of halogens is 2. The molecule has 0 fully saturated rings. The van der Waals surface area contributed by atoms with E-state index in [0.717, 1.165) is 6.07 Å². The molecule has 1 rings (SSSR count). The third-order valence-corrected chi connectivity index (χ3v) is 3.00. The highest BCUT2D eigenvalue weighted by atomic mass is 35.5. The van der Waals surface area contributed by atoms with Gasteiger partial charge in [0, 0.05) is 11.1 Å². The SMILES string of the molecule is CCOC(=O)C(O)C(O)c1ccc(F)c(C)c1Cl. The van der Waals surface area contributed by atoms with Crippen molar-refractivity contribution in [1.29, 1.82) is 0 Å². The van der Waals surface area contributed by atoms with Gasteiger partial charge in [0.1, 0.15) is 11.9 Å². The molecule has 100 valence electrons. The summed E-state index contributed by atoms with van der Waals surface area (Å²) in [5.74, 6) is -1.48. The number of benzene rings is 1. The fourth-order valence-corrected chi connectivity index (χ4v) is 1.70. The second kappa shape index (κ2) is 6.13. The Kier molecular flexibility index (Phi) is 5.07. The zero-order valence-corrected chi connectivity index (χ0v) is 10.7. The van der Waals surface area contributed by atoms with Crippen LogP contribution in [0.15, 0.2) is 12.1 Å². The zero-order valence-electron chi connectivity index (χ0n) is 9.98. The fraction of sp³-hybridized carbons (Fsp3) is 0.417. The molecule has 0 saturated heterocycles. The summed E-state index contributed by atoms with van der Waals surface area (Å²) < 4.78 is 17.8. The summed E-state index contributed by atoms with van der Waals surface area (Å²) in [4.78, 5) is 11.3. The summed E-state index contributed by atoms with van der Waals surface area (Å²) in [5.41, 5.74) is 0.223. The highest BCUT2D eigenvalue weighted by Gasteiger charge is 2.29. The maximum absolute atomic E-state index is 13.2. The van der Waals surface area contributed by atoms with Crippen molar-refractivity contribution in [3.63, 3.8) is 0 Å². The lowest BCUT2D eigenvalue weighted by Gasteiger charge is -2.18. The van der Waals surface area contributed by atoms with Crippen LogP contribution in [0.3, 0.4) is 0 Å². The number of carbonyl (C=O) groups is 1. The molecule has 4 nitrogen and oxygen atoms in total. The number of ether oxygens (including phenoxy) is 1. The second-order valence-electron chi connectivity index (χ2n) is 3.72. The van der Waals surface area contributed by atoms with E-state index < -0.39 is 24.0 Å². The Morgan fingerprint density at radius 2 is 2.11 bits per heavy atom. The topological polar surface area (TPSA) is 66.8 Å². The van der Waals surface area contributed by atoms with Crippen molar-refractivity contribution in [3.05, 3.63) is 34.1 Å². The van der Waals surface area contributed by atoms with Crippen LogP contribution in [0, 0.1) is 12.7 Å². The van der Waals surface area contributed by atoms with E-state index in [-0.39, 0.29) is 22.8 Å². The maximum atomic E-state index is 13.2. The molecule has 0 amide bonds. The highest BCUT2D eigenvalue weighted by molar-refractivity contribution is 6.32. The van der Waals surface area contributed by atoms with Crippen LogP contribution in [0.5, 0.6) is 0 Å². The number of aliphatic hydroxyl groups is 2. The third kappa shape index (κ3) is 2.98. The highest BCUT2D eigenvalue weighted by Crippen LogP contribution is 2.30. The molecule has 0 aliphatic carbocycles. The Morgan fingerprint density at radius 1 is 1.50 bits per heavy atom. The first-order valence-corrected chi connectivity index (χ1v) is 5.75. The van der Waals surface area contributed by atoms with Crippen molar-refractivity contribution in [2.24, 2.45) is 0 Å². The third-order valence-electron chi connectivity index (χ3n) is 2.50. The Labute approximate surface area is 109 Å². The molecule has 0 heterocycles. The predicted octanol–water partition coefficient (Wildman–Crippen LogP) is 1.74. The van der Waals surface area contributed by atoms with Crippen LogP contribution in [0.4, 0.5) is 4.39 Å². The van der Waals surface area contributed by atoms with E-state index in [9.17, 15) is 19.4 Å². The van der Waals surface area contributed by atoms with Gasteiger partial charge in [-0.1, -0.05) is 17.7 Å². The molecule has 1 aromatic rings. The lowest BCUT2D eigenvalue weighted by molar-refractivity contribution is -0.159. The van der Waals surface area contributed by atoms with Gasteiger partial charge in [-0.2, -0.15) is 0 Å². The van der Waals surface area contributed by atoms with Gasteiger partial charge in [0.15, 0.2) is 6.10 Å². The molecule has 0 spiro atoms. The van der Waals surface area contributed by atoms with Crippen LogP contribution in [0.25, 0.3) is 0 Å². The average Bonchev–Trinajstić information content (AvgIpc) is 2.35. The van der Waals surface area contributed by atoms with Gasteiger partial charge in [-0.05, 0) is 19.9 Å². The molecule has 2 N–H and O–H groups in total. The number of rotatable bonds is 4. The number of carbonyl (C=O) groups excluding carboxylic acids is 1.